The number of amides is 1. The number of nitrogen functional groups attached to an aromatic ring is 1. The van der Waals surface area contributed by atoms with Gasteiger partial charge in [-0.25, -0.2) is 0 Å². The zero-order valence-electron chi connectivity index (χ0n) is 11.0. The second-order valence-electron chi connectivity index (χ2n) is 4.88. The van der Waals surface area contributed by atoms with Crippen LogP contribution in [0.3, 0.4) is 0 Å². The van der Waals surface area contributed by atoms with Crippen molar-refractivity contribution in [2.45, 2.75) is 23.1 Å². The summed E-state index contributed by atoms with van der Waals surface area (Å²) in [5.41, 5.74) is 8.71. The van der Waals surface area contributed by atoms with Crippen LogP contribution in [0.4, 0.5) is 5.69 Å². The summed E-state index contributed by atoms with van der Waals surface area (Å²) in [6, 6.07) is 15.8. The first-order valence-electron chi connectivity index (χ1n) is 6.59. The van der Waals surface area contributed by atoms with Gasteiger partial charge in [-0.1, -0.05) is 30.3 Å². The molecule has 0 radical (unpaired) electrons. The monoisotopic (exact) mass is 284 g/mol. The maximum absolute atomic E-state index is 12.2. The minimum atomic E-state index is -0.0128. The highest BCUT2D eigenvalue weighted by molar-refractivity contribution is 8.01. The molecule has 0 bridgehead atoms. The van der Waals surface area contributed by atoms with Crippen LogP contribution in [0.1, 0.15) is 11.1 Å². The Labute approximate surface area is 122 Å². The van der Waals surface area contributed by atoms with Gasteiger partial charge in [-0.3, -0.25) is 4.79 Å². The molecule has 0 spiro atoms. The van der Waals surface area contributed by atoms with Gasteiger partial charge in [0, 0.05) is 17.1 Å². The maximum Gasteiger partial charge on any atom is 0.234 e. The summed E-state index contributed by atoms with van der Waals surface area (Å²) in [6.45, 7) is 0.548. The lowest BCUT2D eigenvalue weighted by Gasteiger charge is -2.10. The van der Waals surface area contributed by atoms with Crippen LogP contribution < -0.4 is 11.1 Å². The lowest BCUT2D eigenvalue weighted by molar-refractivity contribution is -0.120. The average Bonchev–Trinajstić information content (AvgIpc) is 2.90. The van der Waals surface area contributed by atoms with E-state index in [-0.39, 0.29) is 11.2 Å². The third-order valence-electron chi connectivity index (χ3n) is 3.39. The standard InChI is InChI=1S/C16H16N2OS/c17-13-7-5-11(6-8-13)10-18-16(19)15-9-12-3-1-2-4-14(12)20-15/h1-8,15H,9-10,17H2,(H,18,19). The number of carbonyl (C=O) groups is 1. The van der Waals surface area contributed by atoms with Gasteiger partial charge in [-0.15, -0.1) is 11.8 Å². The Morgan fingerprint density at radius 2 is 1.95 bits per heavy atom. The van der Waals surface area contributed by atoms with Gasteiger partial charge in [0.2, 0.25) is 5.91 Å². The van der Waals surface area contributed by atoms with Crippen molar-refractivity contribution in [3.8, 4) is 0 Å². The molecule has 4 heteroatoms. The van der Waals surface area contributed by atoms with Crippen molar-refractivity contribution < 1.29 is 4.79 Å². The van der Waals surface area contributed by atoms with Crippen LogP contribution in [0.2, 0.25) is 0 Å². The number of nitrogens with one attached hydrogen (secondary N) is 1. The number of hydrogen-bond donors (Lipinski definition) is 2. The number of rotatable bonds is 3. The zero-order valence-corrected chi connectivity index (χ0v) is 11.8. The maximum atomic E-state index is 12.2. The largest absolute Gasteiger partial charge is 0.399 e. The minimum absolute atomic E-state index is 0.0128. The van der Waals surface area contributed by atoms with Crippen molar-refractivity contribution in [1.82, 2.24) is 5.32 Å². The molecule has 2 aromatic carbocycles. The van der Waals surface area contributed by atoms with Crippen molar-refractivity contribution in [2.75, 3.05) is 5.73 Å². The number of benzene rings is 2. The van der Waals surface area contributed by atoms with Crippen LogP contribution in [-0.2, 0) is 17.8 Å². The molecule has 3 rings (SSSR count). The van der Waals surface area contributed by atoms with Crippen LogP contribution >= 0.6 is 11.8 Å². The van der Waals surface area contributed by atoms with Gasteiger partial charge in [0.1, 0.15) is 0 Å². The molecule has 1 heterocycles. The van der Waals surface area contributed by atoms with Crippen molar-refractivity contribution >= 4 is 23.4 Å². The number of nitrogens with two attached hydrogens (primary N) is 1. The molecular weight excluding hydrogens is 268 g/mol. The van der Waals surface area contributed by atoms with E-state index in [0.717, 1.165) is 17.7 Å². The summed E-state index contributed by atoms with van der Waals surface area (Å²) >= 11 is 1.65. The SMILES string of the molecule is Nc1ccc(CNC(=O)C2Cc3ccccc3S2)cc1. The van der Waals surface area contributed by atoms with E-state index in [2.05, 4.69) is 17.4 Å². The van der Waals surface area contributed by atoms with Gasteiger partial charge in [0.25, 0.3) is 0 Å². The van der Waals surface area contributed by atoms with Crippen molar-refractivity contribution in [1.29, 1.82) is 0 Å². The van der Waals surface area contributed by atoms with Crippen LogP contribution in [0.15, 0.2) is 53.4 Å². The Kier molecular flexibility index (Phi) is 3.65. The zero-order chi connectivity index (χ0) is 13.9. The molecule has 1 amide bonds. The van der Waals surface area contributed by atoms with Gasteiger partial charge >= 0.3 is 0 Å². The van der Waals surface area contributed by atoms with Gasteiger partial charge in [-0.05, 0) is 35.7 Å². The summed E-state index contributed by atoms with van der Waals surface area (Å²) in [4.78, 5) is 13.4. The van der Waals surface area contributed by atoms with Gasteiger partial charge < -0.3 is 11.1 Å². The number of fused-ring (bicyclic) bond motifs is 1. The lowest BCUT2D eigenvalue weighted by Crippen LogP contribution is -2.31. The molecule has 1 aliphatic heterocycles. The van der Waals surface area contributed by atoms with Crippen LogP contribution in [0.25, 0.3) is 0 Å². The number of carbonyl (C=O) groups excluding carboxylic acids is 1. The van der Waals surface area contributed by atoms with Gasteiger partial charge in [-0.2, -0.15) is 0 Å². The lowest BCUT2D eigenvalue weighted by atomic mass is 10.1. The second kappa shape index (κ2) is 5.59. The third kappa shape index (κ3) is 2.80. The highest BCUT2D eigenvalue weighted by atomic mass is 32.2. The van der Waals surface area contributed by atoms with E-state index in [1.54, 1.807) is 11.8 Å². The normalized spacial score (nSPS) is 16.7. The number of hydrogen-bond acceptors (Lipinski definition) is 3. The first-order chi connectivity index (χ1) is 9.72. The predicted octanol–water partition coefficient (Wildman–Crippen LogP) is 2.60. The Morgan fingerprint density at radius 1 is 1.20 bits per heavy atom. The van der Waals surface area contributed by atoms with Crippen molar-refractivity contribution in [3.05, 3.63) is 59.7 Å². The molecule has 20 heavy (non-hydrogen) atoms. The Hall–Kier alpha value is -1.94. The highest BCUT2D eigenvalue weighted by Crippen LogP contribution is 2.36. The van der Waals surface area contributed by atoms with E-state index in [0.29, 0.717) is 6.54 Å². The summed E-state index contributed by atoms with van der Waals surface area (Å²) < 4.78 is 0. The first-order valence-corrected chi connectivity index (χ1v) is 7.47. The van der Waals surface area contributed by atoms with Gasteiger partial charge in [0.15, 0.2) is 0 Å². The van der Waals surface area contributed by atoms with Crippen molar-refractivity contribution in [3.63, 3.8) is 0 Å². The summed E-state index contributed by atoms with van der Waals surface area (Å²) in [5, 5.41) is 2.98. The molecule has 1 unspecified atom stereocenters. The quantitative estimate of drug-likeness (QED) is 0.852. The highest BCUT2D eigenvalue weighted by Gasteiger charge is 2.27. The van der Waals surface area contributed by atoms with Crippen molar-refractivity contribution in [2.24, 2.45) is 0 Å². The predicted molar refractivity (Wildman–Crippen MR) is 82.5 cm³/mol. The molecule has 0 aliphatic carbocycles. The van der Waals surface area contributed by atoms with E-state index in [1.165, 1.54) is 10.5 Å². The average molecular weight is 284 g/mol. The minimum Gasteiger partial charge on any atom is -0.399 e. The van der Waals surface area contributed by atoms with E-state index < -0.39 is 0 Å². The fraction of sp³-hybridized carbons (Fsp3) is 0.188. The molecule has 102 valence electrons. The molecular formula is C16H16N2OS. The third-order valence-corrected chi connectivity index (χ3v) is 4.70. The molecule has 0 saturated carbocycles. The Balaban J connectivity index is 1.57. The number of thioether (sulfide) groups is 1. The van der Waals surface area contributed by atoms with Crippen LogP contribution in [0, 0.1) is 0 Å². The van der Waals surface area contributed by atoms with Crippen LogP contribution in [0.5, 0.6) is 0 Å². The summed E-state index contributed by atoms with van der Waals surface area (Å²) in [6.07, 6.45) is 0.814. The van der Waals surface area contributed by atoms with E-state index in [9.17, 15) is 4.79 Å². The fourth-order valence-electron chi connectivity index (χ4n) is 2.27. The number of anilines is 1. The summed E-state index contributed by atoms with van der Waals surface area (Å²) in [5.74, 6) is 0.100. The van der Waals surface area contributed by atoms with Gasteiger partial charge in [0.05, 0.1) is 5.25 Å². The summed E-state index contributed by atoms with van der Waals surface area (Å²) in [7, 11) is 0. The smallest absolute Gasteiger partial charge is 0.234 e. The molecule has 3 nitrogen and oxygen atoms in total. The molecule has 0 fully saturated rings. The van der Waals surface area contributed by atoms with E-state index in [4.69, 9.17) is 5.73 Å². The fourth-order valence-corrected chi connectivity index (χ4v) is 3.49. The Bertz CT molecular complexity index is 600. The van der Waals surface area contributed by atoms with E-state index >= 15 is 0 Å². The molecule has 0 aromatic heterocycles. The topological polar surface area (TPSA) is 55.1 Å². The molecule has 3 N–H and O–H groups in total. The molecule has 0 saturated heterocycles. The molecule has 1 aliphatic rings. The Morgan fingerprint density at radius 3 is 2.70 bits per heavy atom. The molecule has 1 atom stereocenters. The first kappa shape index (κ1) is 13.1. The second-order valence-corrected chi connectivity index (χ2v) is 6.12. The van der Waals surface area contributed by atoms with Crippen LogP contribution in [-0.4, -0.2) is 11.2 Å². The molecule has 2 aromatic rings. The van der Waals surface area contributed by atoms with E-state index in [1.807, 2.05) is 36.4 Å².